The third-order valence-electron chi connectivity index (χ3n) is 6.12. The number of aryl methyl sites for hydroxylation is 1. The molecule has 0 saturated heterocycles. The Hall–Kier alpha value is -2.82. The summed E-state index contributed by atoms with van der Waals surface area (Å²) in [6, 6.07) is 8.30. The lowest BCUT2D eigenvalue weighted by Gasteiger charge is -2.34. The van der Waals surface area contributed by atoms with Crippen molar-refractivity contribution in [2.45, 2.75) is 57.0 Å². The van der Waals surface area contributed by atoms with Gasteiger partial charge in [-0.05, 0) is 74.3 Å². The van der Waals surface area contributed by atoms with Crippen molar-refractivity contribution in [1.82, 2.24) is 15.1 Å². The number of rotatable bonds is 6. The Morgan fingerprint density at radius 3 is 2.97 bits per heavy atom. The maximum Gasteiger partial charge on any atom is 0.254 e. The third kappa shape index (κ3) is 4.00. The molecule has 0 spiro atoms. The maximum atomic E-state index is 13.5. The number of amides is 1. The largest absolute Gasteiger partial charge is 0.489 e. The number of aromatic amines is 1. The maximum absolute atomic E-state index is 13.5. The molecule has 1 aromatic carbocycles. The second kappa shape index (κ2) is 7.90. The van der Waals surface area contributed by atoms with Crippen LogP contribution < -0.4 is 4.74 Å². The highest BCUT2D eigenvalue weighted by atomic mass is 16.5. The van der Waals surface area contributed by atoms with E-state index in [2.05, 4.69) is 33.3 Å². The van der Waals surface area contributed by atoms with Gasteiger partial charge < -0.3 is 9.64 Å². The molecule has 0 bridgehead atoms. The molecule has 3 aliphatic rings. The average molecular weight is 389 g/mol. The lowest BCUT2D eigenvalue weighted by Crippen LogP contribution is -2.44. The van der Waals surface area contributed by atoms with E-state index in [-0.39, 0.29) is 11.9 Å². The van der Waals surface area contributed by atoms with Crippen LogP contribution in [0, 0.1) is 0 Å². The van der Waals surface area contributed by atoms with Crippen molar-refractivity contribution in [3.63, 3.8) is 0 Å². The minimum atomic E-state index is 0.131. The first-order valence-corrected chi connectivity index (χ1v) is 10.7. The van der Waals surface area contributed by atoms with E-state index in [1.165, 1.54) is 16.8 Å². The van der Waals surface area contributed by atoms with Crippen LogP contribution in [0.4, 0.5) is 0 Å². The molecule has 3 aliphatic carbocycles. The number of fused-ring (bicyclic) bond motifs is 1. The molecule has 0 aliphatic heterocycles. The Bertz CT molecular complexity index is 955. The number of hydrogen-bond acceptors (Lipinski definition) is 3. The average Bonchev–Trinajstić information content (AvgIpc) is 3.49. The van der Waals surface area contributed by atoms with Gasteiger partial charge in [0.2, 0.25) is 0 Å². The number of carbonyl (C=O) groups excluding carboxylic acids is 1. The molecule has 5 rings (SSSR count). The van der Waals surface area contributed by atoms with Gasteiger partial charge in [0.1, 0.15) is 12.4 Å². The normalized spacial score (nSPS) is 20.7. The van der Waals surface area contributed by atoms with Gasteiger partial charge >= 0.3 is 0 Å². The van der Waals surface area contributed by atoms with Gasteiger partial charge in [-0.1, -0.05) is 24.3 Å². The highest BCUT2D eigenvalue weighted by Gasteiger charge is 2.39. The van der Waals surface area contributed by atoms with E-state index in [0.717, 1.165) is 56.3 Å². The molecule has 1 atom stereocenters. The molecule has 1 aromatic heterocycles. The van der Waals surface area contributed by atoms with Gasteiger partial charge in [0.05, 0.1) is 6.20 Å². The van der Waals surface area contributed by atoms with Crippen LogP contribution in [-0.4, -0.2) is 39.7 Å². The summed E-state index contributed by atoms with van der Waals surface area (Å²) in [6.45, 7) is 0.548. The Morgan fingerprint density at radius 2 is 2.14 bits per heavy atom. The van der Waals surface area contributed by atoms with Gasteiger partial charge in [-0.2, -0.15) is 5.10 Å². The molecule has 1 amide bonds. The molecule has 1 fully saturated rings. The fraction of sp³-hybridized carbons (Fsp3) is 0.417. The fourth-order valence-corrected chi connectivity index (χ4v) is 4.43. The molecule has 0 radical (unpaired) electrons. The van der Waals surface area contributed by atoms with Gasteiger partial charge in [-0.15, -0.1) is 0 Å². The molecule has 5 heteroatoms. The van der Waals surface area contributed by atoms with Crippen LogP contribution in [0.2, 0.25) is 0 Å². The summed E-state index contributed by atoms with van der Waals surface area (Å²) < 4.78 is 5.97. The predicted molar refractivity (Wildman–Crippen MR) is 112 cm³/mol. The van der Waals surface area contributed by atoms with Crippen molar-refractivity contribution >= 4 is 5.91 Å². The quantitative estimate of drug-likeness (QED) is 0.804. The number of ether oxygens (including phenoxy) is 1. The fourth-order valence-electron chi connectivity index (χ4n) is 4.43. The minimum absolute atomic E-state index is 0.131. The van der Waals surface area contributed by atoms with E-state index in [4.69, 9.17) is 4.74 Å². The molecule has 1 unspecified atom stereocenters. The molecule has 150 valence electrons. The topological polar surface area (TPSA) is 58.2 Å². The molecule has 5 nitrogen and oxygen atoms in total. The monoisotopic (exact) mass is 389 g/mol. The van der Waals surface area contributed by atoms with E-state index < -0.39 is 0 Å². The van der Waals surface area contributed by atoms with Crippen LogP contribution in [0.3, 0.4) is 0 Å². The zero-order valence-corrected chi connectivity index (χ0v) is 16.6. The van der Waals surface area contributed by atoms with Crippen LogP contribution in [0.25, 0.3) is 0 Å². The smallest absolute Gasteiger partial charge is 0.254 e. The molecule has 2 aromatic rings. The standard InChI is InChI=1S/C24H27N3O2/c28-24(18-7-4-8-22(14-18)29-16-17-5-2-1-3-6-17)27(20-9-10-20)21-11-12-23-19(13-21)15-25-26-23/h2,4-8,14-15,20-21H,1,3,9-13,16H2,(H,25,26). The zero-order chi connectivity index (χ0) is 19.6. The van der Waals surface area contributed by atoms with Crippen molar-refractivity contribution < 1.29 is 9.53 Å². The van der Waals surface area contributed by atoms with Gasteiger partial charge in [0.25, 0.3) is 5.91 Å². The van der Waals surface area contributed by atoms with E-state index in [1.807, 2.05) is 30.5 Å². The van der Waals surface area contributed by atoms with Crippen LogP contribution >= 0.6 is 0 Å². The molecular weight excluding hydrogens is 362 g/mol. The van der Waals surface area contributed by atoms with E-state index >= 15 is 0 Å². The minimum Gasteiger partial charge on any atom is -0.489 e. The summed E-state index contributed by atoms with van der Waals surface area (Å²) in [6.07, 6.45) is 15.7. The Kier molecular flexibility index (Phi) is 4.96. The van der Waals surface area contributed by atoms with Crippen LogP contribution in [0.15, 0.2) is 54.3 Å². The SMILES string of the molecule is O=C(c1cccc(OCC2=CCCC=C2)c1)N(C1CC1)C1CCc2[nH]ncc2C1. The summed E-state index contributed by atoms with van der Waals surface area (Å²) >= 11 is 0. The number of nitrogens with one attached hydrogen (secondary N) is 1. The van der Waals surface area contributed by atoms with Gasteiger partial charge in [-0.3, -0.25) is 9.89 Å². The Morgan fingerprint density at radius 1 is 1.21 bits per heavy atom. The number of benzene rings is 1. The molecule has 1 heterocycles. The third-order valence-corrected chi connectivity index (χ3v) is 6.12. The van der Waals surface area contributed by atoms with Crippen molar-refractivity contribution in [3.8, 4) is 5.75 Å². The molecule has 1 N–H and O–H groups in total. The van der Waals surface area contributed by atoms with Crippen LogP contribution in [-0.2, 0) is 12.8 Å². The van der Waals surface area contributed by atoms with Gasteiger partial charge in [-0.25, -0.2) is 0 Å². The number of nitrogens with zero attached hydrogens (tertiary/aromatic N) is 2. The molecular formula is C24H27N3O2. The zero-order valence-electron chi connectivity index (χ0n) is 16.6. The van der Waals surface area contributed by atoms with Crippen LogP contribution in [0.1, 0.15) is 53.7 Å². The van der Waals surface area contributed by atoms with E-state index in [9.17, 15) is 4.79 Å². The summed E-state index contributed by atoms with van der Waals surface area (Å²) in [5.41, 5.74) is 4.41. The highest BCUT2D eigenvalue weighted by molar-refractivity contribution is 5.95. The van der Waals surface area contributed by atoms with Gasteiger partial charge in [0.15, 0.2) is 0 Å². The predicted octanol–water partition coefficient (Wildman–Crippen LogP) is 4.23. The molecule has 29 heavy (non-hydrogen) atoms. The Balaban J connectivity index is 1.31. The highest BCUT2D eigenvalue weighted by Crippen LogP contribution is 2.35. The first-order chi connectivity index (χ1) is 14.3. The second-order valence-corrected chi connectivity index (χ2v) is 8.29. The number of carbonyl (C=O) groups is 1. The van der Waals surface area contributed by atoms with Crippen molar-refractivity contribution in [1.29, 1.82) is 0 Å². The first-order valence-electron chi connectivity index (χ1n) is 10.7. The first kappa shape index (κ1) is 18.2. The lowest BCUT2D eigenvalue weighted by atomic mass is 9.91. The lowest BCUT2D eigenvalue weighted by molar-refractivity contribution is 0.0642. The summed E-state index contributed by atoms with van der Waals surface area (Å²) in [7, 11) is 0. The molecule has 1 saturated carbocycles. The number of hydrogen-bond donors (Lipinski definition) is 1. The van der Waals surface area contributed by atoms with E-state index in [0.29, 0.717) is 12.6 Å². The number of H-pyrrole nitrogens is 1. The Labute approximate surface area is 171 Å². The number of aromatic nitrogens is 2. The summed E-state index contributed by atoms with van der Waals surface area (Å²) in [5, 5.41) is 7.27. The van der Waals surface area contributed by atoms with Crippen molar-refractivity contribution in [3.05, 3.63) is 71.1 Å². The van der Waals surface area contributed by atoms with Crippen molar-refractivity contribution in [2.24, 2.45) is 0 Å². The second-order valence-electron chi connectivity index (χ2n) is 8.29. The van der Waals surface area contributed by atoms with Crippen LogP contribution in [0.5, 0.6) is 5.75 Å². The summed E-state index contributed by atoms with van der Waals surface area (Å²) in [4.78, 5) is 15.6. The summed E-state index contributed by atoms with van der Waals surface area (Å²) in [5.74, 6) is 0.888. The number of allylic oxidation sites excluding steroid dienone is 2. The van der Waals surface area contributed by atoms with Crippen molar-refractivity contribution in [2.75, 3.05) is 6.61 Å². The van der Waals surface area contributed by atoms with Gasteiger partial charge in [0, 0.05) is 23.3 Å². The van der Waals surface area contributed by atoms with E-state index in [1.54, 1.807) is 0 Å².